The second-order valence-electron chi connectivity index (χ2n) is 6.30. The van der Waals surface area contributed by atoms with Gasteiger partial charge in [0.25, 0.3) is 0 Å². The third kappa shape index (κ3) is 4.30. The van der Waals surface area contributed by atoms with Crippen molar-refractivity contribution in [2.24, 2.45) is 5.92 Å². The second-order valence-corrected chi connectivity index (χ2v) is 7.77. The zero-order valence-electron chi connectivity index (χ0n) is 13.6. The molecule has 3 rings (SSSR count). The number of aromatic nitrogens is 1. The van der Waals surface area contributed by atoms with Crippen LogP contribution in [0.2, 0.25) is 0 Å². The monoisotopic (exact) mass is 345 g/mol. The van der Waals surface area contributed by atoms with Gasteiger partial charge in [-0.05, 0) is 50.0 Å². The molecule has 0 amide bonds. The van der Waals surface area contributed by atoms with Gasteiger partial charge in [-0.15, -0.1) is 11.3 Å². The van der Waals surface area contributed by atoms with Crippen LogP contribution in [0.4, 0.5) is 5.69 Å². The van der Waals surface area contributed by atoms with Crippen LogP contribution in [0.1, 0.15) is 37.6 Å². The summed E-state index contributed by atoms with van der Waals surface area (Å²) in [7, 11) is 0. The van der Waals surface area contributed by atoms with Crippen LogP contribution in [0.5, 0.6) is 0 Å². The molecule has 0 radical (unpaired) electrons. The van der Waals surface area contributed by atoms with Crippen molar-refractivity contribution < 1.29 is 0 Å². The summed E-state index contributed by atoms with van der Waals surface area (Å²) in [4.78, 5) is 4.52. The molecular formula is C18H23N3S2. The topological polar surface area (TPSA) is 37.0 Å². The molecule has 1 aromatic heterocycles. The zero-order valence-corrected chi connectivity index (χ0v) is 15.3. The summed E-state index contributed by atoms with van der Waals surface area (Å²) in [6, 6.07) is 8.79. The molecule has 1 aromatic carbocycles. The van der Waals surface area contributed by atoms with Crippen molar-refractivity contribution in [1.82, 2.24) is 10.3 Å². The summed E-state index contributed by atoms with van der Waals surface area (Å²) in [5.41, 5.74) is 3.19. The molecule has 1 aliphatic rings. The Morgan fingerprint density at radius 3 is 2.61 bits per heavy atom. The molecule has 5 heteroatoms. The van der Waals surface area contributed by atoms with E-state index in [1.165, 1.54) is 25.7 Å². The van der Waals surface area contributed by atoms with Crippen LogP contribution in [-0.4, -0.2) is 16.1 Å². The lowest BCUT2D eigenvalue weighted by Gasteiger charge is -2.30. The molecule has 1 aliphatic carbocycles. The summed E-state index contributed by atoms with van der Waals surface area (Å²) < 4.78 is 0. The van der Waals surface area contributed by atoms with Crippen LogP contribution in [0.15, 0.2) is 29.6 Å². The third-order valence-electron chi connectivity index (χ3n) is 4.49. The quantitative estimate of drug-likeness (QED) is 0.769. The van der Waals surface area contributed by atoms with Gasteiger partial charge in [0.05, 0.1) is 10.7 Å². The largest absolute Gasteiger partial charge is 0.359 e. The molecule has 1 fully saturated rings. The predicted octanol–water partition coefficient (Wildman–Crippen LogP) is 4.98. The number of thiocarbonyl (C=S) groups is 1. The highest BCUT2D eigenvalue weighted by atomic mass is 32.1. The molecule has 0 spiro atoms. The highest BCUT2D eigenvalue weighted by Gasteiger charge is 2.21. The highest BCUT2D eigenvalue weighted by Crippen LogP contribution is 2.25. The number of anilines is 1. The van der Waals surface area contributed by atoms with Gasteiger partial charge in [-0.25, -0.2) is 4.98 Å². The van der Waals surface area contributed by atoms with Gasteiger partial charge < -0.3 is 10.6 Å². The number of nitrogens with one attached hydrogen (secondary N) is 2. The van der Waals surface area contributed by atoms with Crippen LogP contribution in [0, 0.1) is 12.8 Å². The van der Waals surface area contributed by atoms with Crippen LogP contribution >= 0.6 is 23.6 Å². The number of thiazole rings is 1. The van der Waals surface area contributed by atoms with Gasteiger partial charge in [0.2, 0.25) is 0 Å². The van der Waals surface area contributed by atoms with Crippen LogP contribution < -0.4 is 10.6 Å². The molecule has 122 valence electrons. The van der Waals surface area contributed by atoms with Crippen molar-refractivity contribution in [1.29, 1.82) is 0 Å². The summed E-state index contributed by atoms with van der Waals surface area (Å²) in [5, 5.41) is 10.7. The maximum Gasteiger partial charge on any atom is 0.171 e. The lowest BCUT2D eigenvalue weighted by molar-refractivity contribution is 0.309. The number of aryl methyl sites for hydroxylation is 1. The van der Waals surface area contributed by atoms with Gasteiger partial charge in [0.1, 0.15) is 0 Å². The van der Waals surface area contributed by atoms with E-state index in [0.717, 1.165) is 27.1 Å². The fourth-order valence-corrected chi connectivity index (χ4v) is 3.98. The van der Waals surface area contributed by atoms with E-state index in [-0.39, 0.29) is 0 Å². The number of benzene rings is 1. The van der Waals surface area contributed by atoms with E-state index in [1.54, 1.807) is 11.3 Å². The fourth-order valence-electron chi connectivity index (χ4n) is 3.09. The molecule has 23 heavy (non-hydrogen) atoms. The first-order chi connectivity index (χ1) is 11.1. The zero-order chi connectivity index (χ0) is 16.2. The SMILES string of the molecule is Cc1nc(-c2ccc(NC(=S)N[C@H]3CCCC[C@@H]3C)cc2)cs1. The van der Waals surface area contributed by atoms with E-state index in [9.17, 15) is 0 Å². The molecule has 0 aliphatic heterocycles. The van der Waals surface area contributed by atoms with E-state index >= 15 is 0 Å². The summed E-state index contributed by atoms with van der Waals surface area (Å²) in [5.74, 6) is 0.693. The molecule has 2 atom stereocenters. The third-order valence-corrected chi connectivity index (χ3v) is 5.48. The second kappa shape index (κ2) is 7.41. The molecule has 2 aromatic rings. The van der Waals surface area contributed by atoms with Crippen LogP contribution in [0.3, 0.4) is 0 Å². The Balaban J connectivity index is 1.58. The van der Waals surface area contributed by atoms with E-state index in [0.29, 0.717) is 12.0 Å². The Kier molecular flexibility index (Phi) is 5.28. The van der Waals surface area contributed by atoms with Gasteiger partial charge in [0.15, 0.2) is 5.11 Å². The first-order valence-corrected chi connectivity index (χ1v) is 9.50. The number of nitrogens with zero attached hydrogens (tertiary/aromatic N) is 1. The minimum Gasteiger partial charge on any atom is -0.359 e. The van der Waals surface area contributed by atoms with E-state index in [1.807, 2.05) is 6.92 Å². The Bertz CT molecular complexity index is 663. The average Bonchev–Trinajstić information content (AvgIpc) is 2.97. The maximum absolute atomic E-state index is 5.47. The Hall–Kier alpha value is -1.46. The lowest BCUT2D eigenvalue weighted by atomic mass is 9.86. The maximum atomic E-state index is 5.47. The summed E-state index contributed by atoms with van der Waals surface area (Å²) in [6.45, 7) is 4.34. The smallest absolute Gasteiger partial charge is 0.171 e. The number of hydrogen-bond donors (Lipinski definition) is 2. The first-order valence-electron chi connectivity index (χ1n) is 8.22. The summed E-state index contributed by atoms with van der Waals surface area (Å²) >= 11 is 7.14. The summed E-state index contributed by atoms with van der Waals surface area (Å²) in [6.07, 6.45) is 5.15. The predicted molar refractivity (Wildman–Crippen MR) is 103 cm³/mol. The number of rotatable bonds is 3. The minimum absolute atomic E-state index is 0.501. The van der Waals surface area contributed by atoms with Gasteiger partial charge >= 0.3 is 0 Å². The minimum atomic E-state index is 0.501. The molecule has 0 unspecified atom stereocenters. The highest BCUT2D eigenvalue weighted by molar-refractivity contribution is 7.80. The van der Waals surface area contributed by atoms with Gasteiger partial charge in [-0.1, -0.05) is 31.9 Å². The van der Waals surface area contributed by atoms with Crippen molar-refractivity contribution >= 4 is 34.4 Å². The molecule has 0 saturated heterocycles. The van der Waals surface area contributed by atoms with E-state index in [4.69, 9.17) is 12.2 Å². The normalized spacial score (nSPS) is 21.0. The van der Waals surface area contributed by atoms with Crippen molar-refractivity contribution in [3.8, 4) is 11.3 Å². The molecule has 2 N–H and O–H groups in total. The van der Waals surface area contributed by atoms with Gasteiger partial charge in [0, 0.05) is 22.7 Å². The fraction of sp³-hybridized carbons (Fsp3) is 0.444. The molecule has 1 heterocycles. The van der Waals surface area contributed by atoms with E-state index in [2.05, 4.69) is 52.2 Å². The standard InChI is InChI=1S/C18H23N3S2/c1-12-5-3-4-6-16(12)21-18(22)20-15-9-7-14(8-10-15)17-11-23-13(2)19-17/h7-12,16H,3-6H2,1-2H3,(H2,20,21,22)/t12-,16-/m0/s1. The van der Waals surface area contributed by atoms with Crippen molar-refractivity contribution in [2.75, 3.05) is 5.32 Å². The first kappa shape index (κ1) is 16.4. The van der Waals surface area contributed by atoms with Crippen molar-refractivity contribution in [3.05, 3.63) is 34.7 Å². The average molecular weight is 346 g/mol. The van der Waals surface area contributed by atoms with Crippen LogP contribution in [0.25, 0.3) is 11.3 Å². The molecule has 3 nitrogen and oxygen atoms in total. The Labute approximate surface area is 147 Å². The van der Waals surface area contributed by atoms with Crippen LogP contribution in [-0.2, 0) is 0 Å². The van der Waals surface area contributed by atoms with E-state index < -0.39 is 0 Å². The molecule has 1 saturated carbocycles. The molecular weight excluding hydrogens is 322 g/mol. The van der Waals surface area contributed by atoms with Gasteiger partial charge in [-0.2, -0.15) is 0 Å². The Morgan fingerprint density at radius 2 is 1.96 bits per heavy atom. The Morgan fingerprint density at radius 1 is 1.22 bits per heavy atom. The number of hydrogen-bond acceptors (Lipinski definition) is 3. The van der Waals surface area contributed by atoms with Gasteiger partial charge in [-0.3, -0.25) is 0 Å². The molecule has 0 bridgehead atoms. The lowest BCUT2D eigenvalue weighted by Crippen LogP contribution is -2.43. The van der Waals surface area contributed by atoms with Crippen molar-refractivity contribution in [3.63, 3.8) is 0 Å². The van der Waals surface area contributed by atoms with Crippen molar-refractivity contribution in [2.45, 2.75) is 45.6 Å².